The Kier molecular flexibility index (Phi) is 4.36. The van der Waals surface area contributed by atoms with E-state index in [-0.39, 0.29) is 6.10 Å². The standard InChI is InChI=1S/C13H22N4O/c1-3-10(2)16-12-8-13(15-9-14-12)17-6-4-11(18)5-7-17/h8-11,18H,3-7H2,1-2H3,(H,14,15,16). The summed E-state index contributed by atoms with van der Waals surface area (Å²) in [7, 11) is 0. The predicted molar refractivity (Wildman–Crippen MR) is 72.9 cm³/mol. The highest BCUT2D eigenvalue weighted by atomic mass is 16.3. The van der Waals surface area contributed by atoms with Crippen LogP contribution < -0.4 is 10.2 Å². The summed E-state index contributed by atoms with van der Waals surface area (Å²) >= 11 is 0. The van der Waals surface area contributed by atoms with Crippen LogP contribution in [-0.2, 0) is 0 Å². The molecule has 0 bridgehead atoms. The monoisotopic (exact) mass is 250 g/mol. The Hall–Kier alpha value is -1.36. The molecule has 2 heterocycles. The van der Waals surface area contributed by atoms with Gasteiger partial charge in [-0.3, -0.25) is 0 Å². The summed E-state index contributed by atoms with van der Waals surface area (Å²) in [6.07, 6.45) is 4.15. The SMILES string of the molecule is CCC(C)Nc1cc(N2CCC(O)CC2)ncn1. The molecule has 1 aromatic heterocycles. The smallest absolute Gasteiger partial charge is 0.134 e. The Balaban J connectivity index is 2.02. The second-order valence-corrected chi connectivity index (χ2v) is 4.93. The molecule has 0 aromatic carbocycles. The molecule has 5 nitrogen and oxygen atoms in total. The molecule has 1 atom stereocenters. The highest BCUT2D eigenvalue weighted by molar-refractivity contribution is 5.49. The molecule has 1 saturated heterocycles. The number of hydrogen-bond acceptors (Lipinski definition) is 5. The van der Waals surface area contributed by atoms with Crippen LogP contribution in [0.2, 0.25) is 0 Å². The number of anilines is 2. The normalized spacial score (nSPS) is 18.7. The quantitative estimate of drug-likeness (QED) is 0.851. The van der Waals surface area contributed by atoms with Crippen LogP contribution in [0.5, 0.6) is 0 Å². The van der Waals surface area contributed by atoms with Gasteiger partial charge in [0.05, 0.1) is 6.10 Å². The average Bonchev–Trinajstić information content (AvgIpc) is 2.40. The molecule has 2 N–H and O–H groups in total. The lowest BCUT2D eigenvalue weighted by Crippen LogP contribution is -2.36. The third kappa shape index (κ3) is 3.32. The zero-order chi connectivity index (χ0) is 13.0. The molecular formula is C13H22N4O. The minimum atomic E-state index is -0.152. The van der Waals surface area contributed by atoms with Crippen LogP contribution >= 0.6 is 0 Å². The highest BCUT2D eigenvalue weighted by Crippen LogP contribution is 2.19. The summed E-state index contributed by atoms with van der Waals surface area (Å²) in [5.41, 5.74) is 0. The van der Waals surface area contributed by atoms with Gasteiger partial charge < -0.3 is 15.3 Å². The van der Waals surface area contributed by atoms with Crippen LogP contribution in [0.1, 0.15) is 33.1 Å². The maximum absolute atomic E-state index is 9.51. The van der Waals surface area contributed by atoms with E-state index in [1.165, 1.54) is 0 Å². The van der Waals surface area contributed by atoms with Crippen LogP contribution in [0.15, 0.2) is 12.4 Å². The molecule has 1 unspecified atom stereocenters. The number of piperidine rings is 1. The summed E-state index contributed by atoms with van der Waals surface area (Å²) in [6, 6.07) is 2.40. The number of aliphatic hydroxyl groups excluding tert-OH is 1. The van der Waals surface area contributed by atoms with E-state index in [0.717, 1.165) is 44.0 Å². The number of hydrogen-bond donors (Lipinski definition) is 2. The molecule has 1 fully saturated rings. The van der Waals surface area contributed by atoms with E-state index in [2.05, 4.69) is 34.0 Å². The fourth-order valence-corrected chi connectivity index (χ4v) is 2.05. The van der Waals surface area contributed by atoms with Crippen molar-refractivity contribution >= 4 is 11.6 Å². The first-order valence-electron chi connectivity index (χ1n) is 6.70. The Bertz CT molecular complexity index is 377. The Labute approximate surface area is 108 Å². The molecule has 1 aliphatic rings. The van der Waals surface area contributed by atoms with Crippen molar-refractivity contribution in [3.63, 3.8) is 0 Å². The molecular weight excluding hydrogens is 228 g/mol. The minimum Gasteiger partial charge on any atom is -0.393 e. The van der Waals surface area contributed by atoms with Gasteiger partial charge in [-0.1, -0.05) is 6.92 Å². The number of nitrogens with one attached hydrogen (secondary N) is 1. The topological polar surface area (TPSA) is 61.3 Å². The summed E-state index contributed by atoms with van der Waals surface area (Å²) in [4.78, 5) is 10.8. The van der Waals surface area contributed by atoms with Crippen LogP contribution in [0, 0.1) is 0 Å². The van der Waals surface area contributed by atoms with E-state index < -0.39 is 0 Å². The molecule has 0 aliphatic carbocycles. The van der Waals surface area contributed by atoms with Crippen molar-refractivity contribution in [2.75, 3.05) is 23.3 Å². The van der Waals surface area contributed by atoms with Crippen LogP contribution in [0.3, 0.4) is 0 Å². The lowest BCUT2D eigenvalue weighted by Gasteiger charge is -2.30. The summed E-state index contributed by atoms with van der Waals surface area (Å²) < 4.78 is 0. The number of aromatic nitrogens is 2. The van der Waals surface area contributed by atoms with E-state index in [4.69, 9.17) is 0 Å². The van der Waals surface area contributed by atoms with Gasteiger partial charge in [0, 0.05) is 25.2 Å². The first kappa shape index (κ1) is 13.1. The maximum atomic E-state index is 9.51. The predicted octanol–water partition coefficient (Wildman–Crippen LogP) is 1.65. The van der Waals surface area contributed by atoms with Crippen molar-refractivity contribution in [3.05, 3.63) is 12.4 Å². The van der Waals surface area contributed by atoms with E-state index in [9.17, 15) is 5.11 Å². The van der Waals surface area contributed by atoms with Gasteiger partial charge in [0.15, 0.2) is 0 Å². The third-order valence-electron chi connectivity index (χ3n) is 3.45. The molecule has 5 heteroatoms. The zero-order valence-electron chi connectivity index (χ0n) is 11.1. The van der Waals surface area contributed by atoms with Gasteiger partial charge >= 0.3 is 0 Å². The lowest BCUT2D eigenvalue weighted by atomic mass is 10.1. The van der Waals surface area contributed by atoms with Crippen LogP contribution in [0.4, 0.5) is 11.6 Å². The summed E-state index contributed by atoms with van der Waals surface area (Å²) in [6.45, 7) is 6.01. The van der Waals surface area contributed by atoms with Crippen molar-refractivity contribution in [3.8, 4) is 0 Å². The first-order valence-corrected chi connectivity index (χ1v) is 6.70. The molecule has 1 aliphatic heterocycles. The number of rotatable bonds is 4. The van der Waals surface area contributed by atoms with Gasteiger partial charge in [0.25, 0.3) is 0 Å². The average molecular weight is 250 g/mol. The van der Waals surface area contributed by atoms with Crippen molar-refractivity contribution in [2.24, 2.45) is 0 Å². The van der Waals surface area contributed by atoms with E-state index in [1.54, 1.807) is 6.33 Å². The molecule has 0 amide bonds. The Morgan fingerprint density at radius 2 is 2.17 bits per heavy atom. The molecule has 0 saturated carbocycles. The van der Waals surface area contributed by atoms with Crippen LogP contribution in [-0.4, -0.2) is 40.3 Å². The number of nitrogens with zero attached hydrogens (tertiary/aromatic N) is 3. The van der Waals surface area contributed by atoms with Crippen molar-refractivity contribution in [1.82, 2.24) is 9.97 Å². The van der Waals surface area contributed by atoms with Crippen molar-refractivity contribution in [2.45, 2.75) is 45.3 Å². The molecule has 1 aromatic rings. The Morgan fingerprint density at radius 1 is 1.44 bits per heavy atom. The second-order valence-electron chi connectivity index (χ2n) is 4.93. The molecule has 0 spiro atoms. The zero-order valence-corrected chi connectivity index (χ0v) is 11.1. The fraction of sp³-hybridized carbons (Fsp3) is 0.692. The molecule has 0 radical (unpaired) electrons. The summed E-state index contributed by atoms with van der Waals surface area (Å²) in [5.74, 6) is 1.82. The molecule has 18 heavy (non-hydrogen) atoms. The Morgan fingerprint density at radius 3 is 2.83 bits per heavy atom. The largest absolute Gasteiger partial charge is 0.393 e. The minimum absolute atomic E-state index is 0.152. The second kappa shape index (κ2) is 6.00. The number of aliphatic hydroxyl groups is 1. The van der Waals surface area contributed by atoms with E-state index >= 15 is 0 Å². The molecule has 100 valence electrons. The van der Waals surface area contributed by atoms with Gasteiger partial charge in [-0.25, -0.2) is 9.97 Å². The summed E-state index contributed by atoms with van der Waals surface area (Å²) in [5, 5.41) is 12.9. The molecule has 2 rings (SSSR count). The van der Waals surface area contributed by atoms with Gasteiger partial charge in [0.1, 0.15) is 18.0 Å². The van der Waals surface area contributed by atoms with Crippen LogP contribution in [0.25, 0.3) is 0 Å². The maximum Gasteiger partial charge on any atom is 0.134 e. The van der Waals surface area contributed by atoms with E-state index in [0.29, 0.717) is 6.04 Å². The van der Waals surface area contributed by atoms with Gasteiger partial charge in [-0.05, 0) is 26.2 Å². The van der Waals surface area contributed by atoms with Crippen molar-refractivity contribution in [1.29, 1.82) is 0 Å². The van der Waals surface area contributed by atoms with Crippen molar-refractivity contribution < 1.29 is 5.11 Å². The van der Waals surface area contributed by atoms with Gasteiger partial charge in [-0.2, -0.15) is 0 Å². The van der Waals surface area contributed by atoms with Gasteiger partial charge in [-0.15, -0.1) is 0 Å². The fourth-order valence-electron chi connectivity index (χ4n) is 2.05. The highest BCUT2D eigenvalue weighted by Gasteiger charge is 2.18. The van der Waals surface area contributed by atoms with Gasteiger partial charge in [0.2, 0.25) is 0 Å². The lowest BCUT2D eigenvalue weighted by molar-refractivity contribution is 0.145. The third-order valence-corrected chi connectivity index (χ3v) is 3.45. The van der Waals surface area contributed by atoms with E-state index in [1.807, 2.05) is 6.07 Å². The first-order chi connectivity index (χ1) is 8.69.